The summed E-state index contributed by atoms with van der Waals surface area (Å²) >= 11 is 0. The summed E-state index contributed by atoms with van der Waals surface area (Å²) in [6.07, 6.45) is 7.04. The quantitative estimate of drug-likeness (QED) is 0.641. The van der Waals surface area contributed by atoms with Gasteiger partial charge in [0.05, 0.1) is 13.7 Å². The number of amides is 1. The maximum Gasteiger partial charge on any atom is 0.262 e. The van der Waals surface area contributed by atoms with Crippen LogP contribution in [-0.4, -0.2) is 25.7 Å². The highest BCUT2D eigenvalue weighted by Gasteiger charge is 2.18. The summed E-state index contributed by atoms with van der Waals surface area (Å²) in [5.41, 5.74) is 0.836. The molecule has 0 spiro atoms. The van der Waals surface area contributed by atoms with E-state index in [-0.39, 0.29) is 17.5 Å². The van der Waals surface area contributed by atoms with E-state index < -0.39 is 0 Å². The zero-order chi connectivity index (χ0) is 17.4. The minimum atomic E-state index is -0.307. The molecule has 1 aliphatic rings. The van der Waals surface area contributed by atoms with E-state index in [9.17, 15) is 10.1 Å². The molecule has 1 saturated carbocycles. The Labute approximate surface area is 143 Å². The Bertz CT molecular complexity index is 641. The number of nitrogens with one attached hydrogen (secondary N) is 1. The summed E-state index contributed by atoms with van der Waals surface area (Å²) in [6.45, 7) is 2.40. The van der Waals surface area contributed by atoms with Crippen LogP contribution >= 0.6 is 0 Å². The molecular formula is C19H24N2O3. The number of nitrogens with zero attached hydrogens (tertiary/aromatic N) is 1. The van der Waals surface area contributed by atoms with Crippen LogP contribution in [0, 0.1) is 11.3 Å². The van der Waals surface area contributed by atoms with Crippen molar-refractivity contribution in [1.29, 1.82) is 5.26 Å². The van der Waals surface area contributed by atoms with Crippen molar-refractivity contribution < 1.29 is 14.3 Å². The highest BCUT2D eigenvalue weighted by molar-refractivity contribution is 6.01. The molecule has 24 heavy (non-hydrogen) atoms. The van der Waals surface area contributed by atoms with Crippen LogP contribution in [0.15, 0.2) is 23.8 Å². The van der Waals surface area contributed by atoms with Crippen molar-refractivity contribution in [2.24, 2.45) is 0 Å². The number of rotatable bonds is 6. The van der Waals surface area contributed by atoms with Crippen LogP contribution in [0.1, 0.15) is 44.6 Å². The number of nitriles is 1. The maximum atomic E-state index is 12.3. The van der Waals surface area contributed by atoms with Gasteiger partial charge in [-0.2, -0.15) is 5.26 Å². The third-order valence-corrected chi connectivity index (χ3v) is 4.10. The Morgan fingerprint density at radius 3 is 2.71 bits per heavy atom. The fourth-order valence-electron chi connectivity index (χ4n) is 2.88. The highest BCUT2D eigenvalue weighted by atomic mass is 16.5. The molecule has 0 heterocycles. The molecule has 1 aromatic carbocycles. The van der Waals surface area contributed by atoms with Gasteiger partial charge in [-0.3, -0.25) is 4.79 Å². The summed E-state index contributed by atoms with van der Waals surface area (Å²) in [6, 6.07) is 7.51. The predicted molar refractivity (Wildman–Crippen MR) is 92.8 cm³/mol. The number of hydrogen-bond donors (Lipinski definition) is 1. The standard InChI is InChI=1S/C19H24N2O3/c1-3-24-18-12-14(9-10-17(18)23-2)11-15(13-20)19(22)21-16-7-5-4-6-8-16/h9-12,16H,3-8H2,1-2H3,(H,21,22)/b15-11+. The molecule has 0 bridgehead atoms. The Morgan fingerprint density at radius 1 is 1.33 bits per heavy atom. The Balaban J connectivity index is 2.15. The zero-order valence-corrected chi connectivity index (χ0v) is 14.3. The minimum Gasteiger partial charge on any atom is -0.493 e. The normalized spacial score (nSPS) is 15.5. The van der Waals surface area contributed by atoms with E-state index in [2.05, 4.69) is 5.32 Å². The van der Waals surface area contributed by atoms with E-state index in [1.807, 2.05) is 13.0 Å². The van der Waals surface area contributed by atoms with Crippen molar-refractivity contribution in [1.82, 2.24) is 5.32 Å². The minimum absolute atomic E-state index is 0.105. The van der Waals surface area contributed by atoms with Crippen molar-refractivity contribution >= 4 is 12.0 Å². The lowest BCUT2D eigenvalue weighted by atomic mass is 9.95. The number of carbonyl (C=O) groups is 1. The van der Waals surface area contributed by atoms with Crippen molar-refractivity contribution in [2.75, 3.05) is 13.7 Å². The molecule has 5 nitrogen and oxygen atoms in total. The summed E-state index contributed by atoms with van der Waals surface area (Å²) in [7, 11) is 1.58. The van der Waals surface area contributed by atoms with Crippen LogP contribution in [0.5, 0.6) is 11.5 Å². The van der Waals surface area contributed by atoms with Gasteiger partial charge >= 0.3 is 0 Å². The van der Waals surface area contributed by atoms with E-state index in [0.29, 0.717) is 18.1 Å². The number of carbonyl (C=O) groups excluding carboxylic acids is 1. The Kier molecular flexibility index (Phi) is 6.68. The fourth-order valence-corrected chi connectivity index (χ4v) is 2.88. The van der Waals surface area contributed by atoms with Gasteiger partial charge in [-0.15, -0.1) is 0 Å². The molecule has 0 unspecified atom stereocenters. The lowest BCUT2D eigenvalue weighted by Gasteiger charge is -2.22. The van der Waals surface area contributed by atoms with Crippen LogP contribution in [0.25, 0.3) is 6.08 Å². The average molecular weight is 328 g/mol. The molecule has 0 atom stereocenters. The molecule has 2 rings (SSSR count). The topological polar surface area (TPSA) is 71.3 Å². The molecule has 0 aromatic heterocycles. The van der Waals surface area contributed by atoms with Gasteiger partial charge in [0.25, 0.3) is 5.91 Å². The smallest absolute Gasteiger partial charge is 0.262 e. The van der Waals surface area contributed by atoms with Crippen LogP contribution in [0.4, 0.5) is 0 Å². The van der Waals surface area contributed by atoms with Crippen molar-refractivity contribution in [3.63, 3.8) is 0 Å². The van der Waals surface area contributed by atoms with Crippen LogP contribution in [-0.2, 0) is 4.79 Å². The third-order valence-electron chi connectivity index (χ3n) is 4.10. The van der Waals surface area contributed by atoms with E-state index >= 15 is 0 Å². The Morgan fingerprint density at radius 2 is 2.08 bits per heavy atom. The molecule has 1 fully saturated rings. The first-order valence-electron chi connectivity index (χ1n) is 8.41. The predicted octanol–water partition coefficient (Wildman–Crippen LogP) is 3.45. The molecular weight excluding hydrogens is 304 g/mol. The molecule has 1 amide bonds. The summed E-state index contributed by atoms with van der Waals surface area (Å²) in [5, 5.41) is 12.3. The summed E-state index contributed by atoms with van der Waals surface area (Å²) in [4.78, 5) is 12.3. The number of methoxy groups -OCH3 is 1. The lowest BCUT2D eigenvalue weighted by Crippen LogP contribution is -2.36. The third kappa shape index (κ3) is 4.76. The van der Waals surface area contributed by atoms with Gasteiger partial charge in [-0.25, -0.2) is 0 Å². The van der Waals surface area contributed by atoms with Gasteiger partial charge in [0, 0.05) is 6.04 Å². The monoisotopic (exact) mass is 328 g/mol. The molecule has 0 aliphatic heterocycles. The van der Waals surface area contributed by atoms with E-state index in [1.165, 1.54) is 6.42 Å². The average Bonchev–Trinajstić information content (AvgIpc) is 2.61. The van der Waals surface area contributed by atoms with Crippen molar-refractivity contribution in [3.8, 4) is 17.6 Å². The van der Waals surface area contributed by atoms with Crippen LogP contribution in [0.2, 0.25) is 0 Å². The molecule has 1 aromatic rings. The van der Waals surface area contributed by atoms with Gasteiger partial charge in [0.2, 0.25) is 0 Å². The molecule has 1 N–H and O–H groups in total. The van der Waals surface area contributed by atoms with Crippen molar-refractivity contribution in [2.45, 2.75) is 45.1 Å². The van der Waals surface area contributed by atoms with E-state index in [0.717, 1.165) is 31.2 Å². The first-order valence-corrected chi connectivity index (χ1v) is 8.41. The number of hydrogen-bond acceptors (Lipinski definition) is 4. The van der Waals surface area contributed by atoms with Gasteiger partial charge < -0.3 is 14.8 Å². The number of benzene rings is 1. The second-order valence-electron chi connectivity index (χ2n) is 5.82. The zero-order valence-electron chi connectivity index (χ0n) is 14.3. The van der Waals surface area contributed by atoms with Crippen LogP contribution in [0.3, 0.4) is 0 Å². The molecule has 5 heteroatoms. The summed E-state index contributed by atoms with van der Waals surface area (Å²) in [5.74, 6) is 0.913. The second-order valence-corrected chi connectivity index (χ2v) is 5.82. The fraction of sp³-hybridized carbons (Fsp3) is 0.474. The molecule has 128 valence electrons. The second kappa shape index (κ2) is 8.97. The van der Waals surface area contributed by atoms with Gasteiger partial charge in [0.1, 0.15) is 11.6 Å². The maximum absolute atomic E-state index is 12.3. The van der Waals surface area contributed by atoms with E-state index in [4.69, 9.17) is 9.47 Å². The summed E-state index contributed by atoms with van der Waals surface area (Å²) < 4.78 is 10.8. The van der Waals surface area contributed by atoms with Gasteiger partial charge in [-0.05, 0) is 43.5 Å². The van der Waals surface area contributed by atoms with Crippen molar-refractivity contribution in [3.05, 3.63) is 29.3 Å². The first kappa shape index (κ1) is 17.9. The van der Waals surface area contributed by atoms with Crippen LogP contribution < -0.4 is 14.8 Å². The number of ether oxygens (including phenoxy) is 2. The van der Waals surface area contributed by atoms with E-state index in [1.54, 1.807) is 31.4 Å². The lowest BCUT2D eigenvalue weighted by molar-refractivity contribution is -0.117. The molecule has 1 aliphatic carbocycles. The Hall–Kier alpha value is -2.48. The first-order chi connectivity index (χ1) is 11.7. The molecule has 0 saturated heterocycles. The largest absolute Gasteiger partial charge is 0.493 e. The molecule has 0 radical (unpaired) electrons. The van der Waals surface area contributed by atoms with Gasteiger partial charge in [-0.1, -0.05) is 25.3 Å². The van der Waals surface area contributed by atoms with Gasteiger partial charge in [0.15, 0.2) is 11.5 Å². The SMILES string of the molecule is CCOc1cc(/C=C(\C#N)C(=O)NC2CCCCC2)ccc1OC. The highest BCUT2D eigenvalue weighted by Crippen LogP contribution is 2.29.